The average molecular weight is 282 g/mol. The molecule has 0 radical (unpaired) electrons. The number of hydrogen-bond donors (Lipinski definition) is 5. The van der Waals surface area contributed by atoms with Crippen molar-refractivity contribution in [3.05, 3.63) is 35.9 Å². The Balaban J connectivity index is 2.57. The summed E-state index contributed by atoms with van der Waals surface area (Å²) in [6, 6.07) is 6.72. The van der Waals surface area contributed by atoms with E-state index in [2.05, 4.69) is 0 Å². The van der Waals surface area contributed by atoms with Crippen LogP contribution in [-0.4, -0.2) is 52.0 Å². The Bertz CT molecular complexity index is 451. The molecule has 20 heavy (non-hydrogen) atoms. The lowest BCUT2D eigenvalue weighted by atomic mass is 10.0. The zero-order chi connectivity index (χ0) is 15.1. The maximum absolute atomic E-state index is 11.6. The number of nitrogens with two attached hydrogens (primary N) is 1. The summed E-state index contributed by atoms with van der Waals surface area (Å²) in [6.45, 7) is -0.762. The molecule has 0 aliphatic heterocycles. The van der Waals surface area contributed by atoms with Crippen molar-refractivity contribution < 1.29 is 24.9 Å². The molecule has 1 aromatic carbocycles. The predicted molar refractivity (Wildman–Crippen MR) is 70.8 cm³/mol. The van der Waals surface area contributed by atoms with E-state index >= 15 is 0 Å². The van der Waals surface area contributed by atoms with Crippen molar-refractivity contribution in [2.24, 2.45) is 5.73 Å². The van der Waals surface area contributed by atoms with Crippen LogP contribution in [0.5, 0.6) is 0 Å². The Morgan fingerprint density at radius 2 is 1.85 bits per heavy atom. The fourth-order valence-electron chi connectivity index (χ4n) is 1.63. The van der Waals surface area contributed by atoms with Gasteiger partial charge in [0, 0.05) is 6.04 Å². The third kappa shape index (κ3) is 4.61. The van der Waals surface area contributed by atoms with Crippen LogP contribution < -0.4 is 11.1 Å². The van der Waals surface area contributed by atoms with Crippen LogP contribution in [0.2, 0.25) is 0 Å². The van der Waals surface area contributed by atoms with Gasteiger partial charge in [-0.05, 0) is 12.0 Å². The second kappa shape index (κ2) is 7.59. The van der Waals surface area contributed by atoms with Crippen molar-refractivity contribution in [1.82, 2.24) is 5.32 Å². The van der Waals surface area contributed by atoms with Gasteiger partial charge in [0.1, 0.15) is 12.1 Å². The van der Waals surface area contributed by atoms with Crippen molar-refractivity contribution in [3.8, 4) is 0 Å². The molecule has 1 amide bonds. The SMILES string of the molecule is N[C@H](Cc1ccccc1)[C@H](O)C(=O)N[C@@H](CO)C(=O)O. The van der Waals surface area contributed by atoms with Gasteiger partial charge in [-0.25, -0.2) is 4.79 Å². The van der Waals surface area contributed by atoms with Crippen LogP contribution in [0.3, 0.4) is 0 Å². The minimum Gasteiger partial charge on any atom is -0.480 e. The van der Waals surface area contributed by atoms with Gasteiger partial charge in [0.2, 0.25) is 0 Å². The molecule has 0 spiro atoms. The second-order valence-corrected chi connectivity index (χ2v) is 4.38. The number of rotatable bonds is 7. The summed E-state index contributed by atoms with van der Waals surface area (Å²) in [5.74, 6) is -2.31. The highest BCUT2D eigenvalue weighted by molar-refractivity contribution is 5.86. The molecule has 3 atom stereocenters. The van der Waals surface area contributed by atoms with Crippen LogP contribution in [0.1, 0.15) is 5.56 Å². The fourth-order valence-corrected chi connectivity index (χ4v) is 1.63. The van der Waals surface area contributed by atoms with E-state index in [1.165, 1.54) is 0 Å². The number of amides is 1. The summed E-state index contributed by atoms with van der Waals surface area (Å²) >= 11 is 0. The minimum atomic E-state index is -1.55. The first-order valence-corrected chi connectivity index (χ1v) is 6.07. The normalized spacial score (nSPS) is 15.2. The molecule has 0 bridgehead atoms. The molecule has 0 aliphatic rings. The summed E-state index contributed by atoms with van der Waals surface area (Å²) in [4.78, 5) is 22.3. The lowest BCUT2D eigenvalue weighted by Crippen LogP contribution is -2.53. The van der Waals surface area contributed by atoms with Crippen LogP contribution in [0.25, 0.3) is 0 Å². The molecular weight excluding hydrogens is 264 g/mol. The van der Waals surface area contributed by atoms with Gasteiger partial charge in [0.05, 0.1) is 6.61 Å². The van der Waals surface area contributed by atoms with Gasteiger partial charge < -0.3 is 26.4 Å². The second-order valence-electron chi connectivity index (χ2n) is 4.38. The van der Waals surface area contributed by atoms with Gasteiger partial charge in [-0.15, -0.1) is 0 Å². The maximum atomic E-state index is 11.6. The molecule has 1 rings (SSSR count). The Hall–Kier alpha value is -1.96. The molecule has 0 aromatic heterocycles. The number of aliphatic hydroxyl groups is 2. The van der Waals surface area contributed by atoms with Gasteiger partial charge in [-0.1, -0.05) is 30.3 Å². The number of hydrogen-bond acceptors (Lipinski definition) is 5. The van der Waals surface area contributed by atoms with E-state index in [4.69, 9.17) is 15.9 Å². The Labute approximate surface area is 116 Å². The molecule has 0 unspecified atom stereocenters. The highest BCUT2D eigenvalue weighted by atomic mass is 16.4. The van der Waals surface area contributed by atoms with Crippen LogP contribution in [0.15, 0.2) is 30.3 Å². The van der Waals surface area contributed by atoms with E-state index in [1.54, 1.807) is 24.3 Å². The molecule has 110 valence electrons. The molecular formula is C13H18N2O5. The number of carboxylic acids is 1. The smallest absolute Gasteiger partial charge is 0.328 e. The molecule has 0 saturated carbocycles. The van der Waals surface area contributed by atoms with E-state index in [0.29, 0.717) is 0 Å². The fraction of sp³-hybridized carbons (Fsp3) is 0.385. The largest absolute Gasteiger partial charge is 0.480 e. The van der Waals surface area contributed by atoms with Gasteiger partial charge >= 0.3 is 5.97 Å². The van der Waals surface area contributed by atoms with E-state index < -0.39 is 36.7 Å². The predicted octanol–water partition coefficient (Wildman–Crippen LogP) is -1.52. The summed E-state index contributed by atoms with van der Waals surface area (Å²) in [6.07, 6.45) is -1.28. The number of carboxylic acid groups (broad SMARTS) is 1. The summed E-state index contributed by atoms with van der Waals surface area (Å²) < 4.78 is 0. The summed E-state index contributed by atoms with van der Waals surface area (Å²) in [5.41, 5.74) is 6.57. The van der Waals surface area contributed by atoms with Gasteiger partial charge in [-0.2, -0.15) is 0 Å². The topological polar surface area (TPSA) is 133 Å². The monoisotopic (exact) mass is 282 g/mol. The van der Waals surface area contributed by atoms with Crippen LogP contribution in [0.4, 0.5) is 0 Å². The van der Waals surface area contributed by atoms with E-state index in [-0.39, 0.29) is 6.42 Å². The lowest BCUT2D eigenvalue weighted by molar-refractivity contribution is -0.144. The highest BCUT2D eigenvalue weighted by Gasteiger charge is 2.27. The van der Waals surface area contributed by atoms with Crippen LogP contribution in [0, 0.1) is 0 Å². The molecule has 7 heteroatoms. The molecule has 0 fully saturated rings. The van der Waals surface area contributed by atoms with E-state index in [1.807, 2.05) is 11.4 Å². The van der Waals surface area contributed by atoms with Gasteiger partial charge in [0.25, 0.3) is 5.91 Å². The summed E-state index contributed by atoms with van der Waals surface area (Å²) in [5, 5.41) is 29.3. The quantitative estimate of drug-likeness (QED) is 0.412. The Morgan fingerprint density at radius 1 is 1.25 bits per heavy atom. The number of nitrogens with one attached hydrogen (secondary N) is 1. The number of aliphatic hydroxyl groups excluding tert-OH is 2. The molecule has 6 N–H and O–H groups in total. The van der Waals surface area contributed by atoms with E-state index in [9.17, 15) is 14.7 Å². The first kappa shape index (κ1) is 16.1. The van der Waals surface area contributed by atoms with Crippen molar-refractivity contribution in [2.75, 3.05) is 6.61 Å². The standard InChI is InChI=1S/C13H18N2O5/c14-9(6-8-4-2-1-3-5-8)11(17)12(18)15-10(7-16)13(19)20/h1-5,9-11,16-17H,6-7,14H2,(H,15,18)(H,19,20)/t9-,10+,11+/m1/s1. The van der Waals surface area contributed by atoms with Gasteiger partial charge in [0.15, 0.2) is 0 Å². The summed E-state index contributed by atoms with van der Waals surface area (Å²) in [7, 11) is 0. The average Bonchev–Trinajstić information content (AvgIpc) is 2.44. The third-order valence-corrected chi connectivity index (χ3v) is 2.79. The van der Waals surface area contributed by atoms with Crippen molar-refractivity contribution >= 4 is 11.9 Å². The number of carbonyl (C=O) groups is 2. The van der Waals surface area contributed by atoms with Crippen molar-refractivity contribution in [3.63, 3.8) is 0 Å². The molecule has 0 heterocycles. The zero-order valence-corrected chi connectivity index (χ0v) is 10.8. The highest BCUT2D eigenvalue weighted by Crippen LogP contribution is 2.05. The van der Waals surface area contributed by atoms with Gasteiger partial charge in [-0.3, -0.25) is 4.79 Å². The third-order valence-electron chi connectivity index (χ3n) is 2.79. The zero-order valence-electron chi connectivity index (χ0n) is 10.8. The minimum absolute atomic E-state index is 0.270. The first-order valence-electron chi connectivity index (χ1n) is 6.07. The first-order chi connectivity index (χ1) is 9.45. The maximum Gasteiger partial charge on any atom is 0.328 e. The van der Waals surface area contributed by atoms with E-state index in [0.717, 1.165) is 5.56 Å². The molecule has 0 saturated heterocycles. The van der Waals surface area contributed by atoms with Crippen molar-refractivity contribution in [1.29, 1.82) is 0 Å². The lowest BCUT2D eigenvalue weighted by Gasteiger charge is -2.20. The number of benzene rings is 1. The Kier molecular flexibility index (Phi) is 6.10. The van der Waals surface area contributed by atoms with Crippen LogP contribution in [-0.2, 0) is 16.0 Å². The van der Waals surface area contributed by atoms with Crippen LogP contribution >= 0.6 is 0 Å². The van der Waals surface area contributed by atoms with Crippen molar-refractivity contribution in [2.45, 2.75) is 24.6 Å². The Morgan fingerprint density at radius 3 is 2.35 bits per heavy atom. The number of carbonyl (C=O) groups excluding carboxylic acids is 1. The molecule has 7 nitrogen and oxygen atoms in total. The molecule has 1 aromatic rings. The molecule has 0 aliphatic carbocycles. The number of aliphatic carboxylic acids is 1.